The third-order valence-corrected chi connectivity index (χ3v) is 4.81. The standard InChI is InChI=1S/C17H26N4O/c1-2-19-9-11-20(12-10-19)16-5-3-14(4-6-16)17(22)21-8-7-15(18)13-21/h3-6,15H,2,7-13,18H2,1H3/t15-/m1/s1. The molecule has 2 aliphatic heterocycles. The van der Waals surface area contributed by atoms with Gasteiger partial charge in [-0.05, 0) is 37.2 Å². The highest BCUT2D eigenvalue weighted by atomic mass is 16.2. The van der Waals surface area contributed by atoms with Crippen LogP contribution >= 0.6 is 0 Å². The van der Waals surface area contributed by atoms with Gasteiger partial charge in [-0.2, -0.15) is 0 Å². The number of anilines is 1. The Bertz CT molecular complexity index is 508. The number of likely N-dealkylation sites (tertiary alicyclic amines) is 1. The van der Waals surface area contributed by atoms with E-state index in [-0.39, 0.29) is 11.9 Å². The van der Waals surface area contributed by atoms with Gasteiger partial charge in [-0.25, -0.2) is 0 Å². The number of nitrogens with zero attached hydrogens (tertiary/aromatic N) is 3. The molecule has 2 saturated heterocycles. The van der Waals surface area contributed by atoms with Crippen LogP contribution in [0.15, 0.2) is 24.3 Å². The van der Waals surface area contributed by atoms with E-state index >= 15 is 0 Å². The summed E-state index contributed by atoms with van der Waals surface area (Å²) in [6, 6.07) is 8.19. The molecule has 5 heteroatoms. The molecule has 1 aromatic carbocycles. The number of carbonyl (C=O) groups excluding carboxylic acids is 1. The number of benzene rings is 1. The molecule has 1 aromatic rings. The molecule has 2 heterocycles. The fourth-order valence-electron chi connectivity index (χ4n) is 3.29. The SMILES string of the molecule is CCN1CCN(c2ccc(C(=O)N3CC[C@@H](N)C3)cc2)CC1. The van der Waals surface area contributed by atoms with E-state index in [1.165, 1.54) is 5.69 Å². The van der Waals surface area contributed by atoms with Crippen LogP contribution in [-0.2, 0) is 0 Å². The molecule has 0 bridgehead atoms. The van der Waals surface area contributed by atoms with Crippen LogP contribution in [0.25, 0.3) is 0 Å². The summed E-state index contributed by atoms with van der Waals surface area (Å²) in [5, 5.41) is 0. The van der Waals surface area contributed by atoms with Crippen LogP contribution in [0.3, 0.4) is 0 Å². The highest BCUT2D eigenvalue weighted by molar-refractivity contribution is 5.94. The smallest absolute Gasteiger partial charge is 0.253 e. The predicted octanol–water partition coefficient (Wildman–Crippen LogP) is 1.00. The van der Waals surface area contributed by atoms with Gasteiger partial charge in [0.2, 0.25) is 0 Å². The fraction of sp³-hybridized carbons (Fsp3) is 0.588. The Morgan fingerprint density at radius 2 is 1.82 bits per heavy atom. The van der Waals surface area contributed by atoms with E-state index in [2.05, 4.69) is 28.9 Å². The first-order chi connectivity index (χ1) is 10.7. The molecule has 0 aromatic heterocycles. The normalized spacial score (nSPS) is 23.1. The van der Waals surface area contributed by atoms with Crippen LogP contribution in [0.5, 0.6) is 0 Å². The third-order valence-electron chi connectivity index (χ3n) is 4.81. The molecule has 22 heavy (non-hydrogen) atoms. The largest absolute Gasteiger partial charge is 0.369 e. The maximum Gasteiger partial charge on any atom is 0.253 e. The van der Waals surface area contributed by atoms with Crippen LogP contribution in [0.1, 0.15) is 23.7 Å². The van der Waals surface area contributed by atoms with Crippen molar-refractivity contribution < 1.29 is 4.79 Å². The molecular weight excluding hydrogens is 276 g/mol. The lowest BCUT2D eigenvalue weighted by Crippen LogP contribution is -2.46. The van der Waals surface area contributed by atoms with E-state index in [1.54, 1.807) is 0 Å². The van der Waals surface area contributed by atoms with Gasteiger partial charge < -0.3 is 20.4 Å². The number of rotatable bonds is 3. The van der Waals surface area contributed by atoms with Crippen LogP contribution in [0.2, 0.25) is 0 Å². The van der Waals surface area contributed by atoms with Crippen molar-refractivity contribution in [1.29, 1.82) is 0 Å². The zero-order valence-corrected chi connectivity index (χ0v) is 13.4. The zero-order valence-electron chi connectivity index (χ0n) is 13.4. The first-order valence-corrected chi connectivity index (χ1v) is 8.29. The lowest BCUT2D eigenvalue weighted by atomic mass is 10.1. The Labute approximate surface area is 132 Å². The minimum absolute atomic E-state index is 0.107. The molecule has 2 aliphatic rings. The second-order valence-electron chi connectivity index (χ2n) is 6.27. The predicted molar refractivity (Wildman–Crippen MR) is 89.3 cm³/mol. The van der Waals surface area contributed by atoms with E-state index in [0.717, 1.165) is 51.3 Å². The second kappa shape index (κ2) is 6.67. The van der Waals surface area contributed by atoms with E-state index in [9.17, 15) is 4.79 Å². The number of amides is 1. The number of hydrogen-bond donors (Lipinski definition) is 1. The highest BCUT2D eigenvalue weighted by Crippen LogP contribution is 2.19. The van der Waals surface area contributed by atoms with Crippen molar-refractivity contribution in [2.24, 2.45) is 5.73 Å². The van der Waals surface area contributed by atoms with Gasteiger partial charge in [0, 0.05) is 56.6 Å². The van der Waals surface area contributed by atoms with Gasteiger partial charge in [-0.1, -0.05) is 6.92 Å². The second-order valence-corrected chi connectivity index (χ2v) is 6.27. The summed E-state index contributed by atoms with van der Waals surface area (Å²) in [7, 11) is 0. The first kappa shape index (κ1) is 15.3. The van der Waals surface area contributed by atoms with Gasteiger partial charge in [0.15, 0.2) is 0 Å². The van der Waals surface area contributed by atoms with Crippen molar-refractivity contribution in [1.82, 2.24) is 9.80 Å². The zero-order chi connectivity index (χ0) is 15.5. The Hall–Kier alpha value is -1.59. The van der Waals surface area contributed by atoms with Crippen LogP contribution in [0, 0.1) is 0 Å². The summed E-state index contributed by atoms with van der Waals surface area (Å²) in [5.74, 6) is 0.107. The van der Waals surface area contributed by atoms with Crippen molar-refractivity contribution in [3.05, 3.63) is 29.8 Å². The van der Waals surface area contributed by atoms with Crippen molar-refractivity contribution in [3.8, 4) is 0 Å². The van der Waals surface area contributed by atoms with Crippen molar-refractivity contribution >= 4 is 11.6 Å². The number of nitrogens with two attached hydrogens (primary N) is 1. The summed E-state index contributed by atoms with van der Waals surface area (Å²) in [6.07, 6.45) is 0.908. The average molecular weight is 302 g/mol. The van der Waals surface area contributed by atoms with E-state index in [4.69, 9.17) is 5.73 Å². The van der Waals surface area contributed by atoms with Crippen molar-refractivity contribution in [2.45, 2.75) is 19.4 Å². The van der Waals surface area contributed by atoms with Gasteiger partial charge in [0.05, 0.1) is 0 Å². The van der Waals surface area contributed by atoms with Crippen LogP contribution in [-0.4, -0.2) is 67.6 Å². The minimum atomic E-state index is 0.107. The van der Waals surface area contributed by atoms with Gasteiger partial charge >= 0.3 is 0 Å². The minimum Gasteiger partial charge on any atom is -0.369 e. The highest BCUT2D eigenvalue weighted by Gasteiger charge is 2.24. The Morgan fingerprint density at radius 3 is 2.36 bits per heavy atom. The topological polar surface area (TPSA) is 52.8 Å². The summed E-state index contributed by atoms with van der Waals surface area (Å²) in [6.45, 7) is 9.13. The van der Waals surface area contributed by atoms with Gasteiger partial charge in [0.1, 0.15) is 0 Å². The fourth-order valence-corrected chi connectivity index (χ4v) is 3.29. The molecule has 1 atom stereocenters. The number of piperazine rings is 1. The molecule has 2 fully saturated rings. The van der Waals surface area contributed by atoms with Gasteiger partial charge in [-0.15, -0.1) is 0 Å². The quantitative estimate of drug-likeness (QED) is 0.905. The maximum atomic E-state index is 12.4. The lowest BCUT2D eigenvalue weighted by Gasteiger charge is -2.35. The van der Waals surface area contributed by atoms with Crippen LogP contribution < -0.4 is 10.6 Å². The average Bonchev–Trinajstić information content (AvgIpc) is 3.01. The van der Waals surface area contributed by atoms with E-state index < -0.39 is 0 Å². The van der Waals surface area contributed by atoms with Crippen LogP contribution in [0.4, 0.5) is 5.69 Å². The van der Waals surface area contributed by atoms with Gasteiger partial charge in [-0.3, -0.25) is 4.79 Å². The number of likely N-dealkylation sites (N-methyl/N-ethyl adjacent to an activating group) is 1. The molecule has 3 rings (SSSR count). The van der Waals surface area contributed by atoms with Crippen molar-refractivity contribution in [2.75, 3.05) is 50.7 Å². The Morgan fingerprint density at radius 1 is 1.14 bits per heavy atom. The number of carbonyl (C=O) groups is 1. The molecular formula is C17H26N4O. The van der Waals surface area contributed by atoms with E-state index in [1.807, 2.05) is 17.0 Å². The molecule has 0 radical (unpaired) electrons. The van der Waals surface area contributed by atoms with Gasteiger partial charge in [0.25, 0.3) is 5.91 Å². The molecule has 2 N–H and O–H groups in total. The third kappa shape index (κ3) is 3.25. The molecule has 1 amide bonds. The Kier molecular flexibility index (Phi) is 4.64. The lowest BCUT2D eigenvalue weighted by molar-refractivity contribution is 0.0791. The molecule has 0 unspecified atom stereocenters. The molecule has 0 spiro atoms. The molecule has 5 nitrogen and oxygen atoms in total. The monoisotopic (exact) mass is 302 g/mol. The van der Waals surface area contributed by atoms with E-state index in [0.29, 0.717) is 6.54 Å². The summed E-state index contributed by atoms with van der Waals surface area (Å²) >= 11 is 0. The Balaban J connectivity index is 1.62. The molecule has 0 aliphatic carbocycles. The first-order valence-electron chi connectivity index (χ1n) is 8.29. The van der Waals surface area contributed by atoms with Crippen molar-refractivity contribution in [3.63, 3.8) is 0 Å². The summed E-state index contributed by atoms with van der Waals surface area (Å²) in [4.78, 5) is 19.1. The molecule has 120 valence electrons. The number of hydrogen-bond acceptors (Lipinski definition) is 4. The maximum absolute atomic E-state index is 12.4. The molecule has 0 saturated carbocycles. The summed E-state index contributed by atoms with van der Waals surface area (Å²) in [5.41, 5.74) is 7.86. The summed E-state index contributed by atoms with van der Waals surface area (Å²) < 4.78 is 0.